The smallest absolute Gasteiger partial charge is 0.251 e. The molecule has 0 fully saturated rings. The average molecular weight is 255 g/mol. The molecule has 0 saturated heterocycles. The third kappa shape index (κ3) is 4.52. The minimum atomic E-state index is -0.929. The number of aryl methyl sites for hydroxylation is 1. The summed E-state index contributed by atoms with van der Waals surface area (Å²) in [6.45, 7) is 3.59. The lowest BCUT2D eigenvalue weighted by Gasteiger charge is -2.12. The first kappa shape index (κ1) is 13.6. The number of nitrogens with two attached hydrogens (primary N) is 1. The zero-order chi connectivity index (χ0) is 13.0. The maximum absolute atomic E-state index is 11.8. The highest BCUT2D eigenvalue weighted by Gasteiger charge is 2.12. The van der Waals surface area contributed by atoms with Crippen molar-refractivity contribution in [2.24, 2.45) is 0 Å². The average Bonchev–Trinajstić information content (AvgIpc) is 2.14. The molecule has 0 aliphatic heterocycles. The van der Waals surface area contributed by atoms with Crippen molar-refractivity contribution in [1.29, 1.82) is 0 Å². The highest BCUT2D eigenvalue weighted by molar-refractivity contribution is 7.84. The zero-order valence-corrected chi connectivity index (χ0v) is 11.0. The summed E-state index contributed by atoms with van der Waals surface area (Å²) in [5.41, 5.74) is 6.74. The van der Waals surface area contributed by atoms with Gasteiger partial charge in [0.05, 0.1) is 0 Å². The van der Waals surface area contributed by atoms with E-state index in [-0.39, 0.29) is 11.9 Å². The van der Waals surface area contributed by atoms with Gasteiger partial charge in [-0.15, -0.1) is 0 Å². The molecule has 0 aliphatic rings. The van der Waals surface area contributed by atoms with Gasteiger partial charge in [0, 0.05) is 40.1 Å². The molecule has 0 radical (unpaired) electrons. The summed E-state index contributed by atoms with van der Waals surface area (Å²) in [5, 5.41) is 2.77. The van der Waals surface area contributed by atoms with Crippen molar-refractivity contribution in [3.8, 4) is 0 Å². The van der Waals surface area contributed by atoms with Gasteiger partial charge >= 0.3 is 0 Å². The molecule has 94 valence electrons. The molecule has 2 atom stereocenters. The number of carbonyl (C=O) groups is 1. The Morgan fingerprint density at radius 3 is 2.76 bits per heavy atom. The first-order valence-electron chi connectivity index (χ1n) is 5.23. The van der Waals surface area contributed by atoms with Crippen LogP contribution in [0.4, 0.5) is 5.82 Å². The van der Waals surface area contributed by atoms with Crippen LogP contribution in [0.15, 0.2) is 12.1 Å². The van der Waals surface area contributed by atoms with E-state index in [0.29, 0.717) is 22.8 Å². The van der Waals surface area contributed by atoms with Gasteiger partial charge in [0.1, 0.15) is 5.82 Å². The van der Waals surface area contributed by atoms with E-state index >= 15 is 0 Å². The molecular formula is C11H17N3O2S. The van der Waals surface area contributed by atoms with Crippen LogP contribution in [0, 0.1) is 6.92 Å². The number of aromatic nitrogens is 1. The lowest BCUT2D eigenvalue weighted by molar-refractivity contribution is 0.0943. The molecule has 0 spiro atoms. The van der Waals surface area contributed by atoms with Gasteiger partial charge in [-0.25, -0.2) is 4.98 Å². The van der Waals surface area contributed by atoms with Gasteiger partial charge in [-0.2, -0.15) is 0 Å². The maximum Gasteiger partial charge on any atom is 0.251 e. The van der Waals surface area contributed by atoms with Crippen LogP contribution in [-0.4, -0.2) is 33.2 Å². The molecular weight excluding hydrogens is 238 g/mol. The second kappa shape index (κ2) is 5.77. The SMILES string of the molecule is Cc1cc(C(=O)NC(C)CS(C)=O)cc(N)n1. The van der Waals surface area contributed by atoms with E-state index in [4.69, 9.17) is 5.73 Å². The lowest BCUT2D eigenvalue weighted by atomic mass is 10.2. The fourth-order valence-corrected chi connectivity index (χ4v) is 2.31. The quantitative estimate of drug-likeness (QED) is 0.819. The fraction of sp³-hybridized carbons (Fsp3) is 0.455. The molecule has 5 nitrogen and oxygen atoms in total. The van der Waals surface area contributed by atoms with Crippen LogP contribution in [0.1, 0.15) is 23.0 Å². The van der Waals surface area contributed by atoms with Crippen molar-refractivity contribution in [2.45, 2.75) is 19.9 Å². The largest absolute Gasteiger partial charge is 0.384 e. The van der Waals surface area contributed by atoms with E-state index < -0.39 is 10.8 Å². The molecule has 1 rings (SSSR count). The Morgan fingerprint density at radius 2 is 2.24 bits per heavy atom. The van der Waals surface area contributed by atoms with E-state index in [1.807, 2.05) is 6.92 Å². The summed E-state index contributed by atoms with van der Waals surface area (Å²) in [6, 6.07) is 3.06. The fourth-order valence-electron chi connectivity index (χ4n) is 1.53. The minimum Gasteiger partial charge on any atom is -0.384 e. The summed E-state index contributed by atoms with van der Waals surface area (Å²) >= 11 is 0. The van der Waals surface area contributed by atoms with Gasteiger partial charge in [-0.05, 0) is 26.0 Å². The van der Waals surface area contributed by atoms with Crippen LogP contribution in [0.2, 0.25) is 0 Å². The number of nitrogens with zero attached hydrogens (tertiary/aromatic N) is 1. The molecule has 0 saturated carbocycles. The van der Waals surface area contributed by atoms with E-state index in [0.717, 1.165) is 0 Å². The van der Waals surface area contributed by atoms with Crippen molar-refractivity contribution in [3.63, 3.8) is 0 Å². The summed E-state index contributed by atoms with van der Waals surface area (Å²) < 4.78 is 11.0. The number of hydrogen-bond donors (Lipinski definition) is 2. The topological polar surface area (TPSA) is 85.1 Å². The standard InChI is InChI=1S/C11H17N3O2S/c1-7-4-9(5-10(12)13-7)11(15)14-8(2)6-17(3)16/h4-5,8H,6H2,1-3H3,(H2,12,13)(H,14,15). The van der Waals surface area contributed by atoms with Crippen molar-refractivity contribution in [1.82, 2.24) is 10.3 Å². The van der Waals surface area contributed by atoms with E-state index in [1.54, 1.807) is 19.2 Å². The number of amides is 1. The normalized spacial score (nSPS) is 14.1. The highest BCUT2D eigenvalue weighted by Crippen LogP contribution is 2.07. The summed E-state index contributed by atoms with van der Waals surface area (Å²) in [6.07, 6.45) is 1.61. The number of hydrogen-bond acceptors (Lipinski definition) is 4. The molecule has 1 aromatic heterocycles. The monoisotopic (exact) mass is 255 g/mol. The van der Waals surface area contributed by atoms with Crippen molar-refractivity contribution in [3.05, 3.63) is 23.4 Å². The van der Waals surface area contributed by atoms with E-state index in [2.05, 4.69) is 10.3 Å². The van der Waals surface area contributed by atoms with Crippen LogP contribution in [0.3, 0.4) is 0 Å². The highest BCUT2D eigenvalue weighted by atomic mass is 32.2. The molecule has 3 N–H and O–H groups in total. The van der Waals surface area contributed by atoms with E-state index in [9.17, 15) is 9.00 Å². The predicted molar refractivity (Wildman–Crippen MR) is 69.2 cm³/mol. The minimum absolute atomic E-state index is 0.136. The third-order valence-corrected chi connectivity index (χ3v) is 3.07. The van der Waals surface area contributed by atoms with Crippen molar-refractivity contribution < 1.29 is 9.00 Å². The van der Waals surface area contributed by atoms with Gasteiger partial charge in [-0.1, -0.05) is 0 Å². The zero-order valence-electron chi connectivity index (χ0n) is 10.2. The maximum atomic E-state index is 11.8. The molecule has 2 unspecified atom stereocenters. The number of pyridine rings is 1. The molecule has 1 amide bonds. The number of carbonyl (C=O) groups excluding carboxylic acids is 1. The number of nitrogen functional groups attached to an aromatic ring is 1. The molecule has 1 heterocycles. The van der Waals surface area contributed by atoms with Crippen LogP contribution >= 0.6 is 0 Å². The Kier molecular flexibility index (Phi) is 4.62. The van der Waals surface area contributed by atoms with Crippen molar-refractivity contribution >= 4 is 22.5 Å². The Bertz CT molecular complexity index is 428. The first-order valence-corrected chi connectivity index (χ1v) is 6.96. The van der Waals surface area contributed by atoms with Crippen LogP contribution in [0.25, 0.3) is 0 Å². The second-order valence-electron chi connectivity index (χ2n) is 4.04. The molecule has 0 aromatic carbocycles. The van der Waals surface area contributed by atoms with Crippen molar-refractivity contribution in [2.75, 3.05) is 17.7 Å². The molecule has 0 aliphatic carbocycles. The third-order valence-electron chi connectivity index (χ3n) is 2.10. The van der Waals surface area contributed by atoms with Gasteiger partial charge in [0.2, 0.25) is 0 Å². The molecule has 17 heavy (non-hydrogen) atoms. The first-order chi connectivity index (χ1) is 7.88. The number of nitrogens with one attached hydrogen (secondary N) is 1. The van der Waals surface area contributed by atoms with Crippen LogP contribution < -0.4 is 11.1 Å². The van der Waals surface area contributed by atoms with Gasteiger partial charge in [0.15, 0.2) is 0 Å². The Balaban J connectivity index is 2.72. The molecule has 6 heteroatoms. The summed E-state index contributed by atoms with van der Waals surface area (Å²) in [7, 11) is -0.929. The number of rotatable bonds is 4. The predicted octanol–water partition coefficient (Wildman–Crippen LogP) is 0.469. The molecule has 0 bridgehead atoms. The second-order valence-corrected chi connectivity index (χ2v) is 5.52. The summed E-state index contributed by atoms with van der Waals surface area (Å²) in [4.78, 5) is 15.8. The Hall–Kier alpha value is -1.43. The van der Waals surface area contributed by atoms with E-state index in [1.165, 1.54) is 6.07 Å². The van der Waals surface area contributed by atoms with Gasteiger partial charge in [-0.3, -0.25) is 9.00 Å². The summed E-state index contributed by atoms with van der Waals surface area (Å²) in [5.74, 6) is 0.535. The molecule has 1 aromatic rings. The van der Waals surface area contributed by atoms with Gasteiger partial charge in [0.25, 0.3) is 5.91 Å². The van der Waals surface area contributed by atoms with Crippen LogP contribution in [-0.2, 0) is 10.8 Å². The van der Waals surface area contributed by atoms with Gasteiger partial charge < -0.3 is 11.1 Å². The number of anilines is 1. The van der Waals surface area contributed by atoms with Crippen LogP contribution in [0.5, 0.6) is 0 Å². The Labute approximate surface area is 103 Å². The Morgan fingerprint density at radius 1 is 1.59 bits per heavy atom. The lowest BCUT2D eigenvalue weighted by Crippen LogP contribution is -2.36.